The lowest BCUT2D eigenvalue weighted by atomic mass is 10.0. The van der Waals surface area contributed by atoms with Gasteiger partial charge in [-0.15, -0.1) is 11.3 Å². The van der Waals surface area contributed by atoms with E-state index in [1.807, 2.05) is 72.0 Å². The molecule has 0 spiro atoms. The lowest BCUT2D eigenvalue weighted by molar-refractivity contribution is 1.07. The van der Waals surface area contributed by atoms with Gasteiger partial charge in [-0.2, -0.15) is 0 Å². The molecule has 11 rings (SSSR count). The molecule has 242 valence electrons. The van der Waals surface area contributed by atoms with Gasteiger partial charge < -0.3 is 0 Å². The van der Waals surface area contributed by atoms with Crippen molar-refractivity contribution in [1.82, 2.24) is 24.3 Å². The van der Waals surface area contributed by atoms with Gasteiger partial charge in [-0.1, -0.05) is 146 Å². The van der Waals surface area contributed by atoms with E-state index in [0.29, 0.717) is 17.5 Å². The number of hydrogen-bond acceptors (Lipinski definition) is 5. The molecular formula is C46H27N5S. The first-order valence-corrected chi connectivity index (χ1v) is 18.1. The van der Waals surface area contributed by atoms with Gasteiger partial charge in [0.05, 0.1) is 21.4 Å². The highest BCUT2D eigenvalue weighted by Crippen LogP contribution is 2.42. The predicted octanol–water partition coefficient (Wildman–Crippen LogP) is 12.0. The number of benzene rings is 7. The second kappa shape index (κ2) is 11.4. The summed E-state index contributed by atoms with van der Waals surface area (Å²) in [6, 6.07) is 57.3. The second-order valence-corrected chi connectivity index (χ2v) is 14.1. The first-order valence-electron chi connectivity index (χ1n) is 17.3. The molecule has 0 N–H and O–H groups in total. The summed E-state index contributed by atoms with van der Waals surface area (Å²) in [5.41, 5.74) is 8.08. The molecule has 0 aliphatic heterocycles. The molecule has 0 fully saturated rings. The van der Waals surface area contributed by atoms with E-state index in [2.05, 4.69) is 108 Å². The molecule has 4 heterocycles. The molecule has 0 aliphatic rings. The summed E-state index contributed by atoms with van der Waals surface area (Å²) >= 11 is 1.81. The highest BCUT2D eigenvalue weighted by Gasteiger charge is 2.20. The zero-order chi connectivity index (χ0) is 34.2. The standard InChI is InChI=1S/C46H27N5S/c1-3-12-30(13-4-1)43-48-44(31-14-5-2-6-15-31)50-45(49-43)32-21-19-29(20-22-32)39-27-37-35-17-9-10-18-40(35)52-42(37)46-47-41-36-24-23-28-11-7-8-16-33(28)34(36)25-26-38(41)51(39)46/h1-27H. The Morgan fingerprint density at radius 3 is 1.69 bits per heavy atom. The van der Waals surface area contributed by atoms with E-state index in [-0.39, 0.29) is 0 Å². The van der Waals surface area contributed by atoms with Gasteiger partial charge in [0.2, 0.25) is 0 Å². The van der Waals surface area contributed by atoms with E-state index in [1.165, 1.54) is 36.3 Å². The zero-order valence-electron chi connectivity index (χ0n) is 27.7. The Kier molecular flexibility index (Phi) is 6.35. The van der Waals surface area contributed by atoms with Crippen molar-refractivity contribution in [1.29, 1.82) is 0 Å². The number of rotatable bonds is 4. The zero-order valence-corrected chi connectivity index (χ0v) is 28.5. The van der Waals surface area contributed by atoms with Gasteiger partial charge >= 0.3 is 0 Å². The number of fused-ring (bicyclic) bond motifs is 11. The van der Waals surface area contributed by atoms with E-state index >= 15 is 0 Å². The molecule has 0 radical (unpaired) electrons. The third-order valence-electron chi connectivity index (χ3n) is 10.0. The van der Waals surface area contributed by atoms with Crippen molar-refractivity contribution < 1.29 is 0 Å². The molecule has 0 aliphatic carbocycles. The minimum absolute atomic E-state index is 0.635. The van der Waals surface area contributed by atoms with Crippen molar-refractivity contribution in [3.8, 4) is 45.4 Å². The fourth-order valence-corrected chi connectivity index (χ4v) is 8.70. The van der Waals surface area contributed by atoms with Crippen LogP contribution in [0.5, 0.6) is 0 Å². The molecule has 0 amide bonds. The van der Waals surface area contributed by atoms with Crippen LogP contribution in [0.25, 0.3) is 104 Å². The van der Waals surface area contributed by atoms with Crippen molar-refractivity contribution in [3.05, 3.63) is 164 Å². The van der Waals surface area contributed by atoms with Gasteiger partial charge in [0.15, 0.2) is 23.1 Å². The molecule has 0 atom stereocenters. The van der Waals surface area contributed by atoms with Crippen LogP contribution in [0.15, 0.2) is 164 Å². The maximum atomic E-state index is 5.45. The van der Waals surface area contributed by atoms with Crippen LogP contribution < -0.4 is 0 Å². The van der Waals surface area contributed by atoms with Crippen molar-refractivity contribution in [2.45, 2.75) is 0 Å². The molecule has 0 saturated heterocycles. The number of hydrogen-bond donors (Lipinski definition) is 0. The third kappa shape index (κ3) is 4.48. The van der Waals surface area contributed by atoms with Crippen LogP contribution in [-0.4, -0.2) is 24.3 Å². The van der Waals surface area contributed by atoms with Gasteiger partial charge in [-0.05, 0) is 39.9 Å². The maximum Gasteiger partial charge on any atom is 0.164 e. The Balaban J connectivity index is 1.13. The first-order chi connectivity index (χ1) is 25.8. The van der Waals surface area contributed by atoms with E-state index in [1.54, 1.807) is 0 Å². The number of aromatic nitrogens is 5. The highest BCUT2D eigenvalue weighted by atomic mass is 32.1. The molecule has 6 heteroatoms. The predicted molar refractivity (Wildman–Crippen MR) is 216 cm³/mol. The van der Waals surface area contributed by atoms with Crippen molar-refractivity contribution in [2.75, 3.05) is 0 Å². The molecule has 0 unspecified atom stereocenters. The average molecular weight is 682 g/mol. The number of thiophene rings is 1. The largest absolute Gasteiger partial charge is 0.291 e. The second-order valence-electron chi connectivity index (χ2n) is 13.1. The van der Waals surface area contributed by atoms with E-state index < -0.39 is 0 Å². The molecule has 4 aromatic heterocycles. The summed E-state index contributed by atoms with van der Waals surface area (Å²) in [5.74, 6) is 1.93. The van der Waals surface area contributed by atoms with Gasteiger partial charge in [0, 0.05) is 37.5 Å². The summed E-state index contributed by atoms with van der Waals surface area (Å²) < 4.78 is 4.80. The van der Waals surface area contributed by atoms with E-state index in [0.717, 1.165) is 50.0 Å². The molecular weight excluding hydrogens is 655 g/mol. The van der Waals surface area contributed by atoms with Crippen molar-refractivity contribution >= 4 is 69.7 Å². The van der Waals surface area contributed by atoms with E-state index in [4.69, 9.17) is 19.9 Å². The number of nitrogens with zero attached hydrogens (tertiary/aromatic N) is 5. The number of pyridine rings is 1. The van der Waals surface area contributed by atoms with Crippen LogP contribution in [-0.2, 0) is 0 Å². The third-order valence-corrected chi connectivity index (χ3v) is 11.2. The van der Waals surface area contributed by atoms with Crippen LogP contribution in [0.3, 0.4) is 0 Å². The molecule has 0 bridgehead atoms. The fourth-order valence-electron chi connectivity index (χ4n) is 7.54. The van der Waals surface area contributed by atoms with Gasteiger partial charge in [-0.3, -0.25) is 4.40 Å². The smallest absolute Gasteiger partial charge is 0.164 e. The Hall–Kier alpha value is -6.76. The average Bonchev–Trinajstić information content (AvgIpc) is 3.80. The summed E-state index contributed by atoms with van der Waals surface area (Å²) in [4.78, 5) is 20.3. The van der Waals surface area contributed by atoms with Crippen LogP contribution in [0.1, 0.15) is 0 Å². The number of imidazole rings is 1. The Morgan fingerprint density at radius 2 is 0.981 bits per heavy atom. The van der Waals surface area contributed by atoms with Crippen molar-refractivity contribution in [2.24, 2.45) is 0 Å². The summed E-state index contributed by atoms with van der Waals surface area (Å²) in [5, 5.41) is 7.32. The van der Waals surface area contributed by atoms with Crippen molar-refractivity contribution in [3.63, 3.8) is 0 Å². The molecule has 0 saturated carbocycles. The Bertz CT molecular complexity index is 3110. The Labute approximate surface area is 302 Å². The lowest BCUT2D eigenvalue weighted by Crippen LogP contribution is -2.00. The maximum absolute atomic E-state index is 5.45. The highest BCUT2D eigenvalue weighted by molar-refractivity contribution is 7.26. The molecule has 52 heavy (non-hydrogen) atoms. The van der Waals surface area contributed by atoms with Gasteiger partial charge in [0.25, 0.3) is 0 Å². The quantitative estimate of drug-likeness (QED) is 0.174. The lowest BCUT2D eigenvalue weighted by Gasteiger charge is -2.11. The molecule has 11 aromatic rings. The monoisotopic (exact) mass is 681 g/mol. The van der Waals surface area contributed by atoms with Crippen LogP contribution >= 0.6 is 11.3 Å². The van der Waals surface area contributed by atoms with Gasteiger partial charge in [0.1, 0.15) is 0 Å². The minimum atomic E-state index is 0.635. The summed E-state index contributed by atoms with van der Waals surface area (Å²) in [6.07, 6.45) is 0. The fraction of sp³-hybridized carbons (Fsp3) is 0. The first kappa shape index (κ1) is 29.0. The normalized spacial score (nSPS) is 11.8. The summed E-state index contributed by atoms with van der Waals surface area (Å²) in [7, 11) is 0. The van der Waals surface area contributed by atoms with Crippen LogP contribution in [0, 0.1) is 0 Å². The SMILES string of the molecule is c1ccc(-c2nc(-c3ccccc3)nc(-c3ccc(-c4cc5c6ccccc6sc5c5nc6c7ccc8ccccc8c7ccc6n45)cc3)n2)cc1. The van der Waals surface area contributed by atoms with Crippen LogP contribution in [0.2, 0.25) is 0 Å². The summed E-state index contributed by atoms with van der Waals surface area (Å²) in [6.45, 7) is 0. The van der Waals surface area contributed by atoms with Crippen LogP contribution in [0.4, 0.5) is 0 Å². The minimum Gasteiger partial charge on any atom is -0.291 e. The topological polar surface area (TPSA) is 56.0 Å². The Morgan fingerprint density at radius 1 is 0.404 bits per heavy atom. The molecule has 5 nitrogen and oxygen atoms in total. The van der Waals surface area contributed by atoms with Gasteiger partial charge in [-0.25, -0.2) is 19.9 Å². The molecule has 7 aromatic carbocycles. The van der Waals surface area contributed by atoms with E-state index in [9.17, 15) is 0 Å².